The number of esters is 1. The molecule has 0 aromatic rings. The van der Waals surface area contributed by atoms with Crippen molar-refractivity contribution in [3.63, 3.8) is 0 Å². The maximum absolute atomic E-state index is 11.7. The van der Waals surface area contributed by atoms with E-state index in [4.69, 9.17) is 11.6 Å². The number of hydrogen-bond acceptors (Lipinski definition) is 4. The second kappa shape index (κ2) is 7.82. The van der Waals surface area contributed by atoms with Crippen molar-refractivity contribution >= 4 is 5.97 Å². The Hall–Kier alpha value is -0.610. The quantitative estimate of drug-likeness (QED) is 0.665. The molecule has 0 heterocycles. The molecule has 4 nitrogen and oxygen atoms in total. The zero-order chi connectivity index (χ0) is 25.5. The summed E-state index contributed by atoms with van der Waals surface area (Å²) < 4.78 is 47.2. The monoisotopic (exact) mass is 411 g/mol. The molecule has 10 atom stereocenters. The van der Waals surface area contributed by atoms with Gasteiger partial charge in [0.1, 0.15) is 0 Å². The van der Waals surface area contributed by atoms with Crippen LogP contribution in [0.3, 0.4) is 0 Å². The number of aliphatic hydroxyl groups is 2. The van der Waals surface area contributed by atoms with Crippen molar-refractivity contribution in [1.82, 2.24) is 0 Å². The van der Waals surface area contributed by atoms with Gasteiger partial charge in [-0.25, -0.2) is 0 Å². The number of rotatable bonds is 4. The van der Waals surface area contributed by atoms with Crippen molar-refractivity contribution in [3.05, 3.63) is 0 Å². The predicted octanol–water partition coefficient (Wildman–Crippen LogP) is 4.57. The van der Waals surface area contributed by atoms with E-state index in [1.807, 2.05) is 6.92 Å². The summed E-state index contributed by atoms with van der Waals surface area (Å²) in [4.78, 5) is 11.7. The van der Waals surface area contributed by atoms with Crippen LogP contribution < -0.4 is 0 Å². The molecule has 0 amide bonds. The molecular formula is C25H42O4. The van der Waals surface area contributed by atoms with Gasteiger partial charge in [0.2, 0.25) is 0 Å². The first kappa shape index (κ1) is 16.1. The lowest BCUT2D eigenvalue weighted by Gasteiger charge is -2.62. The fourth-order valence-electron chi connectivity index (χ4n) is 8.12. The topological polar surface area (TPSA) is 66.8 Å². The van der Waals surface area contributed by atoms with Gasteiger partial charge in [-0.05, 0) is 104 Å². The minimum absolute atomic E-state index is 0.0457. The fraction of sp³-hybridized carbons (Fsp3) is 0.960. The minimum Gasteiger partial charge on any atom is -0.469 e. The van der Waals surface area contributed by atoms with E-state index in [2.05, 4.69) is 13.8 Å². The van der Waals surface area contributed by atoms with Crippen molar-refractivity contribution in [3.8, 4) is 0 Å². The molecule has 0 aromatic carbocycles. The standard InChI is InChI=1S/C25H42O4/c1-15(5-8-23(28)29-4)18-6-7-19-17-14-22(27)21-13-16(26)9-11-25(21,3)20(17)10-12-24(18,19)2/h15-22,26-27H,5-14H2,1-4H3/t15-,16+,17+,18-,19+,20+,21+,22+,24-,25-/m1/s1/i9D2,13D2,16D. The number of carbonyl (C=O) groups excluding carboxylic acids is 1. The number of hydrogen-bond donors (Lipinski definition) is 2. The fourth-order valence-corrected chi connectivity index (χ4v) is 8.12. The highest BCUT2D eigenvalue weighted by Crippen LogP contribution is 2.68. The van der Waals surface area contributed by atoms with E-state index in [-0.39, 0.29) is 29.6 Å². The molecule has 0 saturated heterocycles. The van der Waals surface area contributed by atoms with E-state index >= 15 is 0 Å². The summed E-state index contributed by atoms with van der Waals surface area (Å²) in [5.74, 6) is 0.249. The van der Waals surface area contributed by atoms with Gasteiger partial charge in [-0.15, -0.1) is 0 Å². The predicted molar refractivity (Wildman–Crippen MR) is 113 cm³/mol. The molecule has 4 saturated carbocycles. The van der Waals surface area contributed by atoms with Crippen LogP contribution in [0.5, 0.6) is 0 Å². The Kier molecular flexibility index (Phi) is 4.34. The van der Waals surface area contributed by atoms with Crippen molar-refractivity contribution in [2.45, 2.75) is 97.1 Å². The van der Waals surface area contributed by atoms with Crippen molar-refractivity contribution in [2.75, 3.05) is 7.11 Å². The van der Waals surface area contributed by atoms with Crippen LogP contribution in [0.15, 0.2) is 0 Å². The van der Waals surface area contributed by atoms with Gasteiger partial charge in [0.05, 0.1) is 20.7 Å². The third-order valence-electron chi connectivity index (χ3n) is 9.61. The number of carbonyl (C=O) groups is 1. The summed E-state index contributed by atoms with van der Waals surface area (Å²) in [7, 11) is 1.42. The van der Waals surface area contributed by atoms with Gasteiger partial charge in [0, 0.05) is 11.9 Å². The highest BCUT2D eigenvalue weighted by Gasteiger charge is 2.62. The van der Waals surface area contributed by atoms with Crippen LogP contribution in [0.1, 0.15) is 91.7 Å². The zero-order valence-corrected chi connectivity index (χ0v) is 18.4. The molecule has 4 aliphatic carbocycles. The Morgan fingerprint density at radius 1 is 1.17 bits per heavy atom. The van der Waals surface area contributed by atoms with Gasteiger partial charge in [-0.3, -0.25) is 4.79 Å². The molecule has 0 spiro atoms. The molecule has 4 heteroatoms. The molecule has 29 heavy (non-hydrogen) atoms. The molecule has 4 aliphatic rings. The highest BCUT2D eigenvalue weighted by molar-refractivity contribution is 5.69. The number of aliphatic hydroxyl groups excluding tert-OH is 1. The van der Waals surface area contributed by atoms with Crippen molar-refractivity contribution in [2.24, 2.45) is 46.3 Å². The molecule has 0 bridgehead atoms. The molecule has 4 rings (SSSR count). The van der Waals surface area contributed by atoms with E-state index in [1.165, 1.54) is 7.11 Å². The number of fused-ring (bicyclic) bond motifs is 5. The molecule has 0 aromatic heterocycles. The Labute approximate surface area is 183 Å². The Balaban J connectivity index is 1.63. The third-order valence-corrected chi connectivity index (χ3v) is 9.61. The number of methoxy groups -OCH3 is 1. The summed E-state index contributed by atoms with van der Waals surface area (Å²) in [5.41, 5.74) is -0.763. The molecule has 0 radical (unpaired) electrons. The average molecular weight is 412 g/mol. The van der Waals surface area contributed by atoms with Crippen LogP contribution in [0.25, 0.3) is 0 Å². The van der Waals surface area contributed by atoms with Gasteiger partial charge in [-0.1, -0.05) is 20.8 Å². The summed E-state index contributed by atoms with van der Waals surface area (Å²) in [6.07, 6.45) is -3.49. The van der Waals surface area contributed by atoms with Crippen LogP contribution in [-0.4, -0.2) is 35.5 Å². The summed E-state index contributed by atoms with van der Waals surface area (Å²) in [5, 5.41) is 22.0. The first-order valence-corrected chi connectivity index (χ1v) is 11.5. The second-order valence-electron chi connectivity index (χ2n) is 10.8. The van der Waals surface area contributed by atoms with Gasteiger partial charge in [0.15, 0.2) is 0 Å². The molecule has 166 valence electrons. The highest BCUT2D eigenvalue weighted by atomic mass is 16.5. The van der Waals surface area contributed by atoms with Crippen LogP contribution in [0.2, 0.25) is 0 Å². The minimum atomic E-state index is -2.91. The van der Waals surface area contributed by atoms with Gasteiger partial charge in [-0.2, -0.15) is 0 Å². The van der Waals surface area contributed by atoms with Crippen LogP contribution in [0, 0.1) is 46.3 Å². The summed E-state index contributed by atoms with van der Waals surface area (Å²) >= 11 is 0. The average Bonchev–Trinajstić information content (AvgIpc) is 3.07. The lowest BCUT2D eigenvalue weighted by molar-refractivity contribution is -0.172. The van der Waals surface area contributed by atoms with E-state index in [0.29, 0.717) is 30.6 Å². The summed E-state index contributed by atoms with van der Waals surface area (Å²) in [6, 6.07) is 0. The maximum atomic E-state index is 11.7. The van der Waals surface area contributed by atoms with Crippen LogP contribution >= 0.6 is 0 Å². The van der Waals surface area contributed by atoms with Gasteiger partial charge >= 0.3 is 5.97 Å². The van der Waals surface area contributed by atoms with Crippen molar-refractivity contribution < 1.29 is 26.6 Å². The van der Waals surface area contributed by atoms with Gasteiger partial charge < -0.3 is 14.9 Å². The molecule has 0 aliphatic heterocycles. The number of ether oxygens (including phenoxy) is 1. The third kappa shape index (κ3) is 3.46. The van der Waals surface area contributed by atoms with E-state index in [9.17, 15) is 15.0 Å². The summed E-state index contributed by atoms with van der Waals surface area (Å²) in [6.45, 7) is 6.47. The van der Waals surface area contributed by atoms with Gasteiger partial charge in [0.25, 0.3) is 0 Å². The van der Waals surface area contributed by atoms with Crippen LogP contribution in [0.4, 0.5) is 0 Å². The van der Waals surface area contributed by atoms with E-state index < -0.39 is 36.3 Å². The largest absolute Gasteiger partial charge is 0.469 e. The molecule has 4 fully saturated rings. The Morgan fingerprint density at radius 2 is 1.90 bits per heavy atom. The van der Waals surface area contributed by atoms with Crippen molar-refractivity contribution in [1.29, 1.82) is 0 Å². The normalized spacial score (nSPS) is 58.8. The first-order valence-electron chi connectivity index (χ1n) is 14.0. The lowest BCUT2D eigenvalue weighted by atomic mass is 9.44. The van der Waals surface area contributed by atoms with Crippen LogP contribution in [-0.2, 0) is 9.53 Å². The lowest BCUT2D eigenvalue weighted by Crippen LogP contribution is -2.58. The second-order valence-corrected chi connectivity index (χ2v) is 10.8. The molecular weight excluding hydrogens is 364 g/mol. The van der Waals surface area contributed by atoms with E-state index in [0.717, 1.165) is 32.1 Å². The van der Waals surface area contributed by atoms with E-state index in [1.54, 1.807) is 0 Å². The molecule has 0 unspecified atom stereocenters. The maximum Gasteiger partial charge on any atom is 0.305 e. The first-order chi connectivity index (χ1) is 15.5. The SMILES string of the molecule is [2H]C1([2H])C[C@@]2(C)[C@H]([C@@H](O)C[C@@H]3[C@@H]2CC[C@]2(C)[C@@H]([C@H](C)CCC(=O)OC)CC[C@@H]32)C([2H])([2H])[C@@]1([2H])O. The Morgan fingerprint density at radius 3 is 2.62 bits per heavy atom. The smallest absolute Gasteiger partial charge is 0.305 e. The molecule has 2 N–H and O–H groups in total. The Bertz CT molecular complexity index is 819. The zero-order valence-electron chi connectivity index (χ0n) is 23.4.